The van der Waals surface area contributed by atoms with Crippen LogP contribution in [0.15, 0.2) is 24.3 Å². The van der Waals surface area contributed by atoms with E-state index in [4.69, 9.17) is 0 Å². The topological polar surface area (TPSA) is 61.4 Å². The van der Waals surface area contributed by atoms with E-state index in [1.54, 1.807) is 0 Å². The molecular formula is C16H22N2O2. The van der Waals surface area contributed by atoms with Crippen LogP contribution in [-0.2, 0) is 6.42 Å². The third-order valence-electron chi connectivity index (χ3n) is 4.65. The van der Waals surface area contributed by atoms with Crippen molar-refractivity contribution in [3.63, 3.8) is 0 Å². The van der Waals surface area contributed by atoms with E-state index in [9.17, 15) is 9.90 Å². The second-order valence-corrected chi connectivity index (χ2v) is 6.26. The molecule has 0 spiro atoms. The average Bonchev–Trinajstić information content (AvgIpc) is 2.71. The lowest BCUT2D eigenvalue weighted by Gasteiger charge is -2.36. The van der Waals surface area contributed by atoms with Crippen molar-refractivity contribution >= 4 is 6.03 Å². The molecule has 20 heavy (non-hydrogen) atoms. The molecule has 4 nitrogen and oxygen atoms in total. The van der Waals surface area contributed by atoms with Gasteiger partial charge >= 0.3 is 6.03 Å². The molecule has 0 aromatic heterocycles. The Morgan fingerprint density at radius 3 is 2.85 bits per heavy atom. The van der Waals surface area contributed by atoms with Gasteiger partial charge in [0, 0.05) is 6.54 Å². The van der Waals surface area contributed by atoms with Crippen LogP contribution in [-0.4, -0.2) is 23.3 Å². The summed E-state index contributed by atoms with van der Waals surface area (Å²) in [7, 11) is 0. The first-order chi connectivity index (χ1) is 9.57. The molecule has 2 atom stereocenters. The highest BCUT2D eigenvalue weighted by Gasteiger charge is 2.35. The summed E-state index contributed by atoms with van der Waals surface area (Å²) in [4.78, 5) is 12.0. The van der Waals surface area contributed by atoms with Crippen LogP contribution in [0.4, 0.5) is 4.79 Å². The molecule has 0 radical (unpaired) electrons. The highest BCUT2D eigenvalue weighted by Crippen LogP contribution is 2.35. The normalized spacial score (nSPS) is 26.5. The quantitative estimate of drug-likeness (QED) is 0.790. The smallest absolute Gasteiger partial charge is 0.315 e. The van der Waals surface area contributed by atoms with E-state index >= 15 is 0 Å². The van der Waals surface area contributed by atoms with Crippen molar-refractivity contribution in [3.05, 3.63) is 35.4 Å². The van der Waals surface area contributed by atoms with Crippen LogP contribution in [0.25, 0.3) is 0 Å². The Balaban J connectivity index is 1.58. The van der Waals surface area contributed by atoms with E-state index < -0.39 is 5.60 Å². The molecule has 1 fully saturated rings. The van der Waals surface area contributed by atoms with Crippen molar-refractivity contribution in [2.75, 3.05) is 6.54 Å². The van der Waals surface area contributed by atoms with Gasteiger partial charge in [0.25, 0.3) is 0 Å². The van der Waals surface area contributed by atoms with E-state index in [1.807, 2.05) is 12.1 Å². The van der Waals surface area contributed by atoms with Crippen molar-refractivity contribution in [2.24, 2.45) is 5.92 Å². The van der Waals surface area contributed by atoms with Gasteiger partial charge in [-0.1, -0.05) is 31.2 Å². The van der Waals surface area contributed by atoms with Gasteiger partial charge in [0.05, 0.1) is 11.6 Å². The fraction of sp³-hybridized carbons (Fsp3) is 0.562. The number of aliphatic hydroxyl groups is 1. The Hall–Kier alpha value is -1.55. The summed E-state index contributed by atoms with van der Waals surface area (Å²) in [6, 6.07) is 8.16. The van der Waals surface area contributed by atoms with Crippen LogP contribution in [0.1, 0.15) is 43.4 Å². The van der Waals surface area contributed by atoms with E-state index in [2.05, 4.69) is 29.7 Å². The molecule has 1 saturated carbocycles. The molecule has 108 valence electrons. The Bertz CT molecular complexity index is 511. The van der Waals surface area contributed by atoms with Crippen molar-refractivity contribution in [1.29, 1.82) is 0 Å². The molecule has 0 heterocycles. The number of urea groups is 1. The number of benzene rings is 1. The minimum absolute atomic E-state index is 0.0715. The number of carbonyl (C=O) groups is 1. The average molecular weight is 274 g/mol. The number of nitrogens with one attached hydrogen (secondary N) is 2. The van der Waals surface area contributed by atoms with Crippen molar-refractivity contribution in [1.82, 2.24) is 10.6 Å². The Labute approximate surface area is 119 Å². The van der Waals surface area contributed by atoms with Crippen LogP contribution in [0.5, 0.6) is 0 Å². The first-order valence-corrected chi connectivity index (χ1v) is 7.42. The third kappa shape index (κ3) is 2.52. The van der Waals surface area contributed by atoms with Gasteiger partial charge in [-0.3, -0.25) is 0 Å². The highest BCUT2D eigenvalue weighted by molar-refractivity contribution is 5.74. The maximum atomic E-state index is 12.0. The second-order valence-electron chi connectivity index (χ2n) is 6.26. The largest absolute Gasteiger partial charge is 0.388 e. The number of rotatable bonds is 3. The lowest BCUT2D eigenvalue weighted by atomic mass is 9.80. The van der Waals surface area contributed by atoms with Crippen LogP contribution >= 0.6 is 0 Å². The van der Waals surface area contributed by atoms with Crippen LogP contribution in [0, 0.1) is 5.92 Å². The lowest BCUT2D eigenvalue weighted by molar-refractivity contribution is -0.0290. The number of hydrogen-bond donors (Lipinski definition) is 3. The minimum atomic E-state index is -0.670. The Morgan fingerprint density at radius 2 is 2.15 bits per heavy atom. The molecule has 1 aromatic carbocycles. The summed E-state index contributed by atoms with van der Waals surface area (Å²) in [6.45, 7) is 2.51. The number of hydrogen-bond acceptors (Lipinski definition) is 2. The van der Waals surface area contributed by atoms with E-state index in [1.165, 1.54) is 11.1 Å². The van der Waals surface area contributed by atoms with Crippen LogP contribution in [0.2, 0.25) is 0 Å². The maximum Gasteiger partial charge on any atom is 0.315 e. The lowest BCUT2D eigenvalue weighted by Crippen LogP contribution is -2.50. The molecule has 0 saturated heterocycles. The summed E-state index contributed by atoms with van der Waals surface area (Å²) in [6.07, 6.45) is 3.63. The molecule has 0 bridgehead atoms. The molecule has 2 aliphatic rings. The van der Waals surface area contributed by atoms with E-state index in [-0.39, 0.29) is 12.1 Å². The van der Waals surface area contributed by atoms with Gasteiger partial charge < -0.3 is 15.7 Å². The third-order valence-corrected chi connectivity index (χ3v) is 4.65. The summed E-state index contributed by atoms with van der Waals surface area (Å²) < 4.78 is 0. The zero-order chi connectivity index (χ0) is 14.2. The standard InChI is InChI=1S/C16H22N2O2/c1-11-9-12-5-2-3-6-13(12)14(11)18-15(19)17-10-16(20)7-4-8-16/h2-3,5-6,11,14,20H,4,7-10H2,1H3,(H2,17,18,19). The first kappa shape index (κ1) is 13.4. The predicted molar refractivity (Wildman–Crippen MR) is 77.4 cm³/mol. The Kier molecular flexibility index (Phi) is 3.42. The van der Waals surface area contributed by atoms with Gasteiger partial charge in [-0.25, -0.2) is 4.79 Å². The molecule has 2 amide bonds. The summed E-state index contributed by atoms with van der Waals surface area (Å²) in [5, 5.41) is 15.8. The number of fused-ring (bicyclic) bond motifs is 1. The highest BCUT2D eigenvalue weighted by atomic mass is 16.3. The van der Waals surface area contributed by atoms with Gasteiger partial charge in [0.1, 0.15) is 0 Å². The van der Waals surface area contributed by atoms with E-state index in [0.29, 0.717) is 12.5 Å². The maximum absolute atomic E-state index is 12.0. The zero-order valence-corrected chi connectivity index (χ0v) is 11.9. The number of carbonyl (C=O) groups excluding carboxylic acids is 1. The zero-order valence-electron chi connectivity index (χ0n) is 11.9. The number of amides is 2. The fourth-order valence-corrected chi connectivity index (χ4v) is 3.21. The van der Waals surface area contributed by atoms with Crippen molar-refractivity contribution in [2.45, 2.75) is 44.2 Å². The van der Waals surface area contributed by atoms with Crippen LogP contribution in [0.3, 0.4) is 0 Å². The summed E-state index contributed by atoms with van der Waals surface area (Å²) in [5.41, 5.74) is 1.87. The molecule has 2 aliphatic carbocycles. The van der Waals surface area contributed by atoms with Gasteiger partial charge in [-0.2, -0.15) is 0 Å². The molecule has 3 N–H and O–H groups in total. The molecular weight excluding hydrogens is 252 g/mol. The monoisotopic (exact) mass is 274 g/mol. The molecule has 1 aromatic rings. The molecule has 2 unspecified atom stereocenters. The van der Waals surface area contributed by atoms with Crippen molar-refractivity contribution < 1.29 is 9.90 Å². The van der Waals surface area contributed by atoms with Gasteiger partial charge in [-0.05, 0) is 42.7 Å². The van der Waals surface area contributed by atoms with Gasteiger partial charge in [0.2, 0.25) is 0 Å². The minimum Gasteiger partial charge on any atom is -0.388 e. The predicted octanol–water partition coefficient (Wildman–Crippen LogP) is 2.13. The van der Waals surface area contributed by atoms with Crippen LogP contribution < -0.4 is 10.6 Å². The summed E-state index contributed by atoms with van der Waals surface area (Å²) >= 11 is 0. The van der Waals surface area contributed by atoms with E-state index in [0.717, 1.165) is 25.7 Å². The molecule has 3 rings (SSSR count). The van der Waals surface area contributed by atoms with Gasteiger partial charge in [0.15, 0.2) is 0 Å². The fourth-order valence-electron chi connectivity index (χ4n) is 3.21. The van der Waals surface area contributed by atoms with Crippen molar-refractivity contribution in [3.8, 4) is 0 Å². The molecule has 0 aliphatic heterocycles. The first-order valence-electron chi connectivity index (χ1n) is 7.42. The molecule has 4 heteroatoms. The van der Waals surface area contributed by atoms with Gasteiger partial charge in [-0.15, -0.1) is 0 Å². The second kappa shape index (κ2) is 5.09. The summed E-state index contributed by atoms with van der Waals surface area (Å²) in [5.74, 6) is 0.407. The Morgan fingerprint density at radius 1 is 1.40 bits per heavy atom. The SMILES string of the molecule is CC1Cc2ccccc2C1NC(=O)NCC1(O)CCC1.